The van der Waals surface area contributed by atoms with Crippen molar-refractivity contribution in [3.63, 3.8) is 0 Å². The van der Waals surface area contributed by atoms with Crippen LogP contribution in [-0.2, 0) is 30.9 Å². The van der Waals surface area contributed by atoms with Gasteiger partial charge in [0, 0.05) is 36.8 Å². The third-order valence-corrected chi connectivity index (χ3v) is 4.46. The van der Waals surface area contributed by atoms with Gasteiger partial charge in [0.2, 0.25) is 0 Å². The van der Waals surface area contributed by atoms with Gasteiger partial charge < -0.3 is 9.64 Å². The lowest BCUT2D eigenvalue weighted by Crippen LogP contribution is -2.36. The number of aryl methyl sites for hydroxylation is 1. The van der Waals surface area contributed by atoms with Crippen molar-refractivity contribution < 1.29 is 27.5 Å². The molecule has 1 aliphatic rings. The summed E-state index contributed by atoms with van der Waals surface area (Å²) in [6.07, 6.45) is -3.96. The molecule has 1 aliphatic heterocycles. The maximum absolute atomic E-state index is 12.7. The van der Waals surface area contributed by atoms with E-state index in [1.807, 2.05) is 0 Å². The Morgan fingerprint density at radius 3 is 2.48 bits per heavy atom. The van der Waals surface area contributed by atoms with E-state index in [2.05, 4.69) is 5.10 Å². The van der Waals surface area contributed by atoms with E-state index in [9.17, 15) is 22.8 Å². The first-order chi connectivity index (χ1) is 12.7. The van der Waals surface area contributed by atoms with Gasteiger partial charge in [-0.1, -0.05) is 0 Å². The van der Waals surface area contributed by atoms with Crippen LogP contribution in [0.4, 0.5) is 13.2 Å². The number of amides is 1. The minimum Gasteiger partial charge on any atom is -0.461 e. The number of benzene rings is 1. The van der Waals surface area contributed by atoms with Gasteiger partial charge in [-0.3, -0.25) is 9.48 Å². The summed E-state index contributed by atoms with van der Waals surface area (Å²) in [6.45, 7) is 2.43. The monoisotopic (exact) mass is 381 g/mol. The second-order valence-corrected chi connectivity index (χ2v) is 6.17. The molecule has 1 amide bonds. The lowest BCUT2D eigenvalue weighted by atomic mass is 10.0. The SMILES string of the molecule is CCOC(=O)c1nn(C)c2c1CN(C(=O)c1ccc(C(F)(F)F)cc1)CC2. The fourth-order valence-corrected chi connectivity index (χ4v) is 3.11. The van der Waals surface area contributed by atoms with Crippen molar-refractivity contribution in [2.45, 2.75) is 26.1 Å². The Morgan fingerprint density at radius 1 is 1.22 bits per heavy atom. The van der Waals surface area contributed by atoms with Gasteiger partial charge in [0.25, 0.3) is 5.91 Å². The van der Waals surface area contributed by atoms with E-state index < -0.39 is 23.6 Å². The quantitative estimate of drug-likeness (QED) is 0.767. The van der Waals surface area contributed by atoms with Crippen LogP contribution in [0.2, 0.25) is 0 Å². The Labute approximate surface area is 153 Å². The third kappa shape index (κ3) is 3.67. The first-order valence-corrected chi connectivity index (χ1v) is 8.40. The Bertz CT molecular complexity index is 872. The number of nitrogens with zero attached hydrogens (tertiary/aromatic N) is 3. The van der Waals surface area contributed by atoms with E-state index in [0.717, 1.165) is 30.0 Å². The molecule has 2 aromatic rings. The van der Waals surface area contributed by atoms with E-state index in [-0.39, 0.29) is 24.4 Å². The number of hydrogen-bond donors (Lipinski definition) is 0. The standard InChI is InChI=1S/C18H18F3N3O3/c1-3-27-17(26)15-13-10-24(9-8-14(13)23(2)22-15)16(25)11-4-6-12(7-5-11)18(19,20)21/h4-7H,3,8-10H2,1-2H3. The number of alkyl halides is 3. The first kappa shape index (κ1) is 18.9. The summed E-state index contributed by atoms with van der Waals surface area (Å²) in [5.41, 5.74) is 0.973. The Kier molecular flexibility index (Phi) is 4.95. The molecule has 2 heterocycles. The number of halogens is 3. The summed E-state index contributed by atoms with van der Waals surface area (Å²) < 4.78 is 44.6. The van der Waals surface area contributed by atoms with Crippen LogP contribution in [0, 0.1) is 0 Å². The molecule has 0 aliphatic carbocycles. The van der Waals surface area contributed by atoms with E-state index in [1.165, 1.54) is 4.90 Å². The smallest absolute Gasteiger partial charge is 0.416 e. The van der Waals surface area contributed by atoms with Crippen molar-refractivity contribution in [3.05, 3.63) is 52.3 Å². The van der Waals surface area contributed by atoms with Crippen molar-refractivity contribution in [3.8, 4) is 0 Å². The molecule has 6 nitrogen and oxygen atoms in total. The molecule has 0 radical (unpaired) electrons. The highest BCUT2D eigenvalue weighted by Crippen LogP contribution is 2.30. The third-order valence-electron chi connectivity index (χ3n) is 4.46. The van der Waals surface area contributed by atoms with Crippen LogP contribution < -0.4 is 0 Å². The van der Waals surface area contributed by atoms with Crippen molar-refractivity contribution >= 4 is 11.9 Å². The van der Waals surface area contributed by atoms with Crippen LogP contribution in [0.1, 0.15) is 44.6 Å². The Morgan fingerprint density at radius 2 is 1.89 bits per heavy atom. The number of ether oxygens (including phenoxy) is 1. The van der Waals surface area contributed by atoms with Crippen LogP contribution in [-0.4, -0.2) is 39.7 Å². The normalized spacial score (nSPS) is 14.0. The minimum atomic E-state index is -4.45. The van der Waals surface area contributed by atoms with E-state index >= 15 is 0 Å². The second kappa shape index (κ2) is 7.05. The minimum absolute atomic E-state index is 0.150. The summed E-state index contributed by atoms with van der Waals surface area (Å²) in [7, 11) is 1.72. The molecule has 0 unspecified atom stereocenters. The second-order valence-electron chi connectivity index (χ2n) is 6.17. The molecular formula is C18H18F3N3O3. The topological polar surface area (TPSA) is 64.4 Å². The molecule has 0 saturated carbocycles. The molecule has 0 saturated heterocycles. The van der Waals surface area contributed by atoms with Crippen LogP contribution in [0.15, 0.2) is 24.3 Å². The average Bonchev–Trinajstić information content (AvgIpc) is 2.97. The highest BCUT2D eigenvalue weighted by Gasteiger charge is 2.32. The summed E-state index contributed by atoms with van der Waals surface area (Å²) in [6, 6.07) is 4.10. The van der Waals surface area contributed by atoms with Gasteiger partial charge in [-0.15, -0.1) is 0 Å². The van der Waals surface area contributed by atoms with Gasteiger partial charge >= 0.3 is 12.1 Å². The van der Waals surface area contributed by atoms with Crippen molar-refractivity contribution in [2.75, 3.05) is 13.2 Å². The molecule has 144 valence electrons. The summed E-state index contributed by atoms with van der Waals surface area (Å²) in [5, 5.41) is 4.20. The highest BCUT2D eigenvalue weighted by atomic mass is 19.4. The van der Waals surface area contributed by atoms with Crippen LogP contribution >= 0.6 is 0 Å². The van der Waals surface area contributed by atoms with Gasteiger partial charge in [0.15, 0.2) is 5.69 Å². The predicted octanol–water partition coefficient (Wildman–Crippen LogP) is 2.81. The molecule has 3 rings (SSSR count). The largest absolute Gasteiger partial charge is 0.461 e. The maximum atomic E-state index is 12.7. The summed E-state index contributed by atoms with van der Waals surface area (Å²) in [4.78, 5) is 26.3. The molecule has 0 fully saturated rings. The van der Waals surface area contributed by atoms with Gasteiger partial charge in [-0.25, -0.2) is 4.79 Å². The number of rotatable bonds is 3. The van der Waals surface area contributed by atoms with Crippen molar-refractivity contribution in [2.24, 2.45) is 7.05 Å². The molecule has 0 N–H and O–H groups in total. The Balaban J connectivity index is 1.83. The first-order valence-electron chi connectivity index (χ1n) is 8.40. The molecule has 0 bridgehead atoms. The predicted molar refractivity (Wildman–Crippen MR) is 89.1 cm³/mol. The zero-order valence-electron chi connectivity index (χ0n) is 14.8. The molecule has 1 aromatic carbocycles. The number of hydrogen-bond acceptors (Lipinski definition) is 4. The van der Waals surface area contributed by atoms with E-state index in [4.69, 9.17) is 4.74 Å². The molecule has 1 aromatic heterocycles. The van der Waals surface area contributed by atoms with Crippen molar-refractivity contribution in [1.29, 1.82) is 0 Å². The zero-order valence-corrected chi connectivity index (χ0v) is 14.8. The lowest BCUT2D eigenvalue weighted by molar-refractivity contribution is -0.137. The fourth-order valence-electron chi connectivity index (χ4n) is 3.11. The van der Waals surface area contributed by atoms with Gasteiger partial charge in [0.1, 0.15) is 0 Å². The van der Waals surface area contributed by atoms with Crippen molar-refractivity contribution in [1.82, 2.24) is 14.7 Å². The van der Waals surface area contributed by atoms with Gasteiger partial charge in [-0.05, 0) is 31.2 Å². The molecule has 0 atom stereocenters. The lowest BCUT2D eigenvalue weighted by Gasteiger charge is -2.27. The summed E-state index contributed by atoms with van der Waals surface area (Å²) in [5.74, 6) is -0.953. The average molecular weight is 381 g/mol. The van der Waals surface area contributed by atoms with Gasteiger partial charge in [0.05, 0.1) is 18.7 Å². The van der Waals surface area contributed by atoms with E-state index in [0.29, 0.717) is 18.5 Å². The number of esters is 1. The molecule has 0 spiro atoms. The molecule has 27 heavy (non-hydrogen) atoms. The Hall–Kier alpha value is -2.84. The van der Waals surface area contributed by atoms with Crippen LogP contribution in [0.3, 0.4) is 0 Å². The fraction of sp³-hybridized carbons (Fsp3) is 0.389. The van der Waals surface area contributed by atoms with E-state index in [1.54, 1.807) is 18.7 Å². The summed E-state index contributed by atoms with van der Waals surface area (Å²) >= 11 is 0. The molecule has 9 heteroatoms. The maximum Gasteiger partial charge on any atom is 0.416 e. The zero-order chi connectivity index (χ0) is 19.8. The van der Waals surface area contributed by atoms with Crippen LogP contribution in [0.5, 0.6) is 0 Å². The highest BCUT2D eigenvalue weighted by molar-refractivity contribution is 5.95. The number of aromatic nitrogens is 2. The number of carbonyl (C=O) groups excluding carboxylic acids is 2. The number of carbonyl (C=O) groups is 2. The molecular weight excluding hydrogens is 363 g/mol. The van der Waals surface area contributed by atoms with Crippen LogP contribution in [0.25, 0.3) is 0 Å². The number of fused-ring (bicyclic) bond motifs is 1. The van der Waals surface area contributed by atoms with Gasteiger partial charge in [-0.2, -0.15) is 18.3 Å².